The van der Waals surface area contributed by atoms with Crippen LogP contribution in [-0.2, 0) is 4.79 Å². The fourth-order valence-corrected chi connectivity index (χ4v) is 4.97. The number of carbonyl (C=O) groups is 2. The molecule has 1 aromatic heterocycles. The molecule has 1 N–H and O–H groups in total. The number of hydrogen-bond acceptors (Lipinski definition) is 5. The summed E-state index contributed by atoms with van der Waals surface area (Å²) < 4.78 is 5.27. The summed E-state index contributed by atoms with van der Waals surface area (Å²) in [5.74, 6) is 0.933. The van der Waals surface area contributed by atoms with Crippen molar-refractivity contribution in [1.82, 2.24) is 15.1 Å². The van der Waals surface area contributed by atoms with Crippen molar-refractivity contribution in [3.05, 3.63) is 24.2 Å². The van der Waals surface area contributed by atoms with Gasteiger partial charge in [0.2, 0.25) is 5.91 Å². The molecule has 2 atom stereocenters. The van der Waals surface area contributed by atoms with Gasteiger partial charge in [0.15, 0.2) is 5.76 Å². The van der Waals surface area contributed by atoms with Crippen LogP contribution in [-0.4, -0.2) is 65.0 Å². The van der Waals surface area contributed by atoms with Crippen molar-refractivity contribution in [1.29, 1.82) is 0 Å². The predicted molar refractivity (Wildman–Crippen MR) is 98.4 cm³/mol. The second kappa shape index (κ2) is 8.27. The van der Waals surface area contributed by atoms with Crippen molar-refractivity contribution >= 4 is 23.6 Å². The SMILES string of the molecule is CC(C)C1SCC(C(=O)NCCN2CCCC2)N1C(=O)c1ccco1. The smallest absolute Gasteiger partial charge is 0.291 e. The number of nitrogens with one attached hydrogen (secondary N) is 1. The maximum Gasteiger partial charge on any atom is 0.291 e. The van der Waals surface area contributed by atoms with E-state index >= 15 is 0 Å². The third-order valence-corrected chi connectivity index (χ3v) is 6.42. The van der Waals surface area contributed by atoms with E-state index in [4.69, 9.17) is 4.42 Å². The van der Waals surface area contributed by atoms with Gasteiger partial charge in [-0.15, -0.1) is 11.8 Å². The molecule has 1 aromatic rings. The van der Waals surface area contributed by atoms with Gasteiger partial charge in [-0.1, -0.05) is 13.8 Å². The monoisotopic (exact) mass is 365 g/mol. The molecular weight excluding hydrogens is 338 g/mol. The van der Waals surface area contributed by atoms with Crippen LogP contribution in [0.1, 0.15) is 37.2 Å². The van der Waals surface area contributed by atoms with E-state index < -0.39 is 6.04 Å². The summed E-state index contributed by atoms with van der Waals surface area (Å²) >= 11 is 1.67. The van der Waals surface area contributed by atoms with Crippen LogP contribution in [0.25, 0.3) is 0 Å². The van der Waals surface area contributed by atoms with Gasteiger partial charge >= 0.3 is 0 Å². The van der Waals surface area contributed by atoms with Crippen molar-refractivity contribution in [3.8, 4) is 0 Å². The molecule has 0 spiro atoms. The molecule has 0 bridgehead atoms. The summed E-state index contributed by atoms with van der Waals surface area (Å²) in [5, 5.41) is 3.02. The lowest BCUT2D eigenvalue weighted by Crippen LogP contribution is -2.51. The second-order valence-corrected chi connectivity index (χ2v) is 8.16. The minimum absolute atomic E-state index is 0.00747. The van der Waals surface area contributed by atoms with Crippen LogP contribution in [0.5, 0.6) is 0 Å². The lowest BCUT2D eigenvalue weighted by Gasteiger charge is -2.30. The highest BCUT2D eigenvalue weighted by atomic mass is 32.2. The molecule has 2 saturated heterocycles. The van der Waals surface area contributed by atoms with Crippen LogP contribution in [0.15, 0.2) is 22.8 Å². The van der Waals surface area contributed by atoms with Crippen LogP contribution in [0, 0.1) is 5.92 Å². The van der Waals surface area contributed by atoms with Gasteiger partial charge in [0.05, 0.1) is 11.6 Å². The van der Waals surface area contributed by atoms with E-state index in [9.17, 15) is 9.59 Å². The molecule has 138 valence electrons. The van der Waals surface area contributed by atoms with E-state index in [2.05, 4.69) is 24.1 Å². The topological polar surface area (TPSA) is 65.8 Å². The van der Waals surface area contributed by atoms with Gasteiger partial charge in [0, 0.05) is 18.8 Å². The molecule has 2 aliphatic rings. The molecule has 2 fully saturated rings. The van der Waals surface area contributed by atoms with Crippen molar-refractivity contribution in [2.75, 3.05) is 31.9 Å². The van der Waals surface area contributed by atoms with E-state index in [1.165, 1.54) is 19.1 Å². The second-order valence-electron chi connectivity index (χ2n) is 7.01. The zero-order valence-electron chi connectivity index (χ0n) is 14.9. The molecule has 25 heavy (non-hydrogen) atoms. The van der Waals surface area contributed by atoms with Gasteiger partial charge < -0.3 is 19.5 Å². The van der Waals surface area contributed by atoms with E-state index in [0.29, 0.717) is 18.1 Å². The Labute approximate surface area is 153 Å². The highest BCUT2D eigenvalue weighted by Gasteiger charge is 2.43. The molecule has 0 saturated carbocycles. The van der Waals surface area contributed by atoms with Gasteiger partial charge in [0.25, 0.3) is 5.91 Å². The molecule has 2 aliphatic heterocycles. The first kappa shape index (κ1) is 18.3. The lowest BCUT2D eigenvalue weighted by molar-refractivity contribution is -0.125. The normalized spacial score (nSPS) is 24.2. The Kier molecular flexibility index (Phi) is 6.06. The van der Waals surface area contributed by atoms with Crippen LogP contribution in [0.2, 0.25) is 0 Å². The first-order valence-corrected chi connectivity index (χ1v) is 10.1. The summed E-state index contributed by atoms with van der Waals surface area (Å²) in [7, 11) is 0. The summed E-state index contributed by atoms with van der Waals surface area (Å²) in [5.41, 5.74) is 0. The quantitative estimate of drug-likeness (QED) is 0.836. The molecule has 3 heterocycles. The number of furan rings is 1. The predicted octanol–water partition coefficient (Wildman–Crippen LogP) is 2.03. The van der Waals surface area contributed by atoms with Crippen molar-refractivity contribution in [2.45, 2.75) is 38.1 Å². The Bertz CT molecular complexity index is 584. The zero-order valence-corrected chi connectivity index (χ0v) is 15.8. The standard InChI is InChI=1S/C18H27N3O3S/c1-13(2)18-21(17(23)15-6-5-11-24-15)14(12-25-18)16(22)19-7-10-20-8-3-4-9-20/h5-6,11,13-14,18H,3-4,7-10,12H2,1-2H3,(H,19,22). The van der Waals surface area contributed by atoms with Gasteiger partial charge in [-0.05, 0) is 44.0 Å². The minimum atomic E-state index is -0.437. The van der Waals surface area contributed by atoms with Crippen molar-refractivity contribution in [2.24, 2.45) is 5.92 Å². The number of hydrogen-bond donors (Lipinski definition) is 1. The number of carbonyl (C=O) groups excluding carboxylic acids is 2. The highest BCUT2D eigenvalue weighted by Crippen LogP contribution is 2.35. The number of rotatable bonds is 6. The summed E-state index contributed by atoms with van der Waals surface area (Å²) in [4.78, 5) is 29.6. The molecule has 0 aromatic carbocycles. The van der Waals surface area contributed by atoms with Crippen LogP contribution < -0.4 is 5.32 Å². The third kappa shape index (κ3) is 4.20. The number of likely N-dealkylation sites (tertiary alicyclic amines) is 1. The van der Waals surface area contributed by atoms with Gasteiger partial charge in [-0.2, -0.15) is 0 Å². The number of thioether (sulfide) groups is 1. The number of amides is 2. The van der Waals surface area contributed by atoms with Crippen LogP contribution >= 0.6 is 11.8 Å². The largest absolute Gasteiger partial charge is 0.459 e. The van der Waals surface area contributed by atoms with E-state index in [1.807, 2.05) is 0 Å². The Balaban J connectivity index is 1.63. The minimum Gasteiger partial charge on any atom is -0.459 e. The average Bonchev–Trinajstić information content (AvgIpc) is 3.33. The van der Waals surface area contributed by atoms with Gasteiger partial charge in [0.1, 0.15) is 6.04 Å². The van der Waals surface area contributed by atoms with E-state index in [0.717, 1.165) is 19.6 Å². The fraction of sp³-hybridized carbons (Fsp3) is 0.667. The summed E-state index contributed by atoms with van der Waals surface area (Å²) in [6.45, 7) is 7.91. The third-order valence-electron chi connectivity index (χ3n) is 4.80. The van der Waals surface area contributed by atoms with Gasteiger partial charge in [-0.25, -0.2) is 0 Å². The van der Waals surface area contributed by atoms with E-state index in [1.54, 1.807) is 28.8 Å². The zero-order chi connectivity index (χ0) is 17.8. The summed E-state index contributed by atoms with van der Waals surface area (Å²) in [6.07, 6.45) is 3.98. The van der Waals surface area contributed by atoms with Crippen LogP contribution in [0.3, 0.4) is 0 Å². The Morgan fingerprint density at radius 2 is 2.12 bits per heavy atom. The molecule has 2 unspecified atom stereocenters. The number of nitrogens with zero attached hydrogens (tertiary/aromatic N) is 2. The van der Waals surface area contributed by atoms with Gasteiger partial charge in [-0.3, -0.25) is 9.59 Å². The molecule has 7 heteroatoms. The lowest BCUT2D eigenvalue weighted by atomic mass is 10.1. The average molecular weight is 365 g/mol. The van der Waals surface area contributed by atoms with E-state index in [-0.39, 0.29) is 23.1 Å². The molecule has 3 rings (SSSR count). The maximum atomic E-state index is 12.9. The summed E-state index contributed by atoms with van der Waals surface area (Å²) in [6, 6.07) is 2.92. The maximum absolute atomic E-state index is 12.9. The molecule has 0 radical (unpaired) electrons. The Hall–Kier alpha value is -1.47. The molecule has 2 amide bonds. The van der Waals surface area contributed by atoms with Crippen molar-refractivity contribution in [3.63, 3.8) is 0 Å². The Morgan fingerprint density at radius 3 is 2.76 bits per heavy atom. The molecule has 6 nitrogen and oxygen atoms in total. The molecule has 0 aliphatic carbocycles. The fourth-order valence-electron chi connectivity index (χ4n) is 3.49. The van der Waals surface area contributed by atoms with Crippen molar-refractivity contribution < 1.29 is 14.0 Å². The first-order chi connectivity index (χ1) is 12.1. The Morgan fingerprint density at radius 1 is 1.36 bits per heavy atom. The van der Waals surface area contributed by atoms with Crippen LogP contribution in [0.4, 0.5) is 0 Å². The molecular formula is C18H27N3O3S. The highest BCUT2D eigenvalue weighted by molar-refractivity contribution is 8.00. The first-order valence-electron chi connectivity index (χ1n) is 9.05.